The fraction of sp³-hybridized carbons (Fsp3) is 0.462. The lowest BCUT2D eigenvalue weighted by Gasteiger charge is -2.31. The van der Waals surface area contributed by atoms with Gasteiger partial charge < -0.3 is 19.4 Å². The average Bonchev–Trinajstić information content (AvgIpc) is 2.46. The van der Waals surface area contributed by atoms with Crippen LogP contribution in [0.1, 0.15) is 16.1 Å². The number of pyridine rings is 1. The van der Waals surface area contributed by atoms with Gasteiger partial charge in [0.1, 0.15) is 5.56 Å². The number of nitrogens with zero attached hydrogens (tertiary/aromatic N) is 1. The van der Waals surface area contributed by atoms with Crippen LogP contribution in [-0.2, 0) is 14.3 Å². The van der Waals surface area contributed by atoms with Crippen molar-refractivity contribution in [3.63, 3.8) is 0 Å². The summed E-state index contributed by atoms with van der Waals surface area (Å²) in [7, 11) is 1.26. The van der Waals surface area contributed by atoms with Gasteiger partial charge in [0.25, 0.3) is 5.91 Å². The van der Waals surface area contributed by atoms with Crippen molar-refractivity contribution in [1.29, 1.82) is 0 Å². The van der Waals surface area contributed by atoms with Crippen LogP contribution in [0.5, 0.6) is 0 Å². The van der Waals surface area contributed by atoms with Gasteiger partial charge >= 0.3 is 5.97 Å². The molecule has 7 nitrogen and oxygen atoms in total. The highest BCUT2D eigenvalue weighted by molar-refractivity contribution is 5.94. The number of carbonyl (C=O) groups excluding carboxylic acids is 2. The third-order valence-electron chi connectivity index (χ3n) is 3.11. The van der Waals surface area contributed by atoms with Crippen molar-refractivity contribution in [1.82, 2.24) is 9.88 Å². The Balaban J connectivity index is 2.16. The van der Waals surface area contributed by atoms with Crippen molar-refractivity contribution in [2.24, 2.45) is 0 Å². The second-order valence-corrected chi connectivity index (χ2v) is 4.53. The van der Waals surface area contributed by atoms with E-state index in [0.29, 0.717) is 12.2 Å². The second-order valence-electron chi connectivity index (χ2n) is 4.53. The number of hydrogen-bond donors (Lipinski definition) is 1. The Morgan fingerprint density at radius 3 is 2.90 bits per heavy atom. The van der Waals surface area contributed by atoms with Gasteiger partial charge in [-0.25, -0.2) is 4.79 Å². The maximum Gasteiger partial charge on any atom is 0.336 e. The number of esters is 1. The lowest BCUT2D eigenvalue weighted by molar-refractivity contribution is -0.158. The summed E-state index contributed by atoms with van der Waals surface area (Å²) in [5.74, 6) is -0.941. The molecule has 1 unspecified atom stereocenters. The third-order valence-corrected chi connectivity index (χ3v) is 3.11. The van der Waals surface area contributed by atoms with Gasteiger partial charge in [0.2, 0.25) is 0 Å². The van der Waals surface area contributed by atoms with Gasteiger partial charge in [0.05, 0.1) is 20.3 Å². The Labute approximate surface area is 115 Å². The highest BCUT2D eigenvalue weighted by atomic mass is 16.6. The minimum absolute atomic E-state index is 0.0566. The highest BCUT2D eigenvalue weighted by Crippen LogP contribution is 2.09. The first kappa shape index (κ1) is 14.3. The van der Waals surface area contributed by atoms with Crippen molar-refractivity contribution >= 4 is 11.9 Å². The molecule has 1 aromatic rings. The maximum absolute atomic E-state index is 12.3. The number of hydrogen-bond acceptors (Lipinski definition) is 5. The molecule has 108 valence electrons. The molecule has 1 saturated heterocycles. The lowest BCUT2D eigenvalue weighted by Crippen LogP contribution is -2.49. The van der Waals surface area contributed by atoms with E-state index < -0.39 is 18.0 Å². The zero-order chi connectivity index (χ0) is 14.7. The predicted octanol–water partition coefficient (Wildman–Crippen LogP) is -0.303. The molecule has 1 amide bonds. The van der Waals surface area contributed by atoms with Crippen LogP contribution >= 0.6 is 0 Å². The maximum atomic E-state index is 12.3. The van der Waals surface area contributed by atoms with Crippen LogP contribution in [0.2, 0.25) is 0 Å². The summed E-state index contributed by atoms with van der Waals surface area (Å²) in [5, 5.41) is 0. The molecule has 1 aromatic heterocycles. The van der Waals surface area contributed by atoms with E-state index in [0.717, 1.165) is 0 Å². The summed E-state index contributed by atoms with van der Waals surface area (Å²) >= 11 is 0. The van der Waals surface area contributed by atoms with Crippen LogP contribution in [0, 0.1) is 6.92 Å². The number of H-pyrrole nitrogens is 1. The van der Waals surface area contributed by atoms with E-state index >= 15 is 0 Å². The van der Waals surface area contributed by atoms with E-state index in [1.54, 1.807) is 6.92 Å². The van der Waals surface area contributed by atoms with Crippen LogP contribution in [0.15, 0.2) is 17.1 Å². The summed E-state index contributed by atoms with van der Waals surface area (Å²) in [6.45, 7) is 2.38. The quantitative estimate of drug-likeness (QED) is 0.751. The van der Waals surface area contributed by atoms with Gasteiger partial charge in [-0.15, -0.1) is 0 Å². The van der Waals surface area contributed by atoms with E-state index in [-0.39, 0.29) is 24.1 Å². The van der Waals surface area contributed by atoms with Crippen LogP contribution in [0.4, 0.5) is 0 Å². The monoisotopic (exact) mass is 280 g/mol. The Morgan fingerprint density at radius 2 is 2.25 bits per heavy atom. The number of amides is 1. The number of methoxy groups -OCH3 is 1. The third kappa shape index (κ3) is 2.88. The average molecular weight is 280 g/mol. The minimum Gasteiger partial charge on any atom is -0.467 e. The van der Waals surface area contributed by atoms with Crippen molar-refractivity contribution < 1.29 is 19.1 Å². The lowest BCUT2D eigenvalue weighted by atomic mass is 10.2. The standard InChI is InChI=1S/C13H16N2O5/c1-8-5-10(16)9(6-14-8)12(17)15-3-4-20-11(7-15)13(18)19-2/h5-6,11H,3-4,7H2,1-2H3,(H,14,16). The van der Waals surface area contributed by atoms with Gasteiger partial charge in [-0.05, 0) is 6.92 Å². The number of ether oxygens (including phenoxy) is 2. The first-order chi connectivity index (χ1) is 9.52. The highest BCUT2D eigenvalue weighted by Gasteiger charge is 2.31. The summed E-state index contributed by atoms with van der Waals surface area (Å²) in [6, 6.07) is 1.37. The molecular weight excluding hydrogens is 264 g/mol. The molecule has 1 N–H and O–H groups in total. The van der Waals surface area contributed by atoms with Gasteiger partial charge in [-0.2, -0.15) is 0 Å². The molecule has 1 fully saturated rings. The Kier molecular flexibility index (Phi) is 4.19. The molecule has 2 rings (SSSR count). The number of morpholine rings is 1. The summed E-state index contributed by atoms with van der Waals surface area (Å²) in [4.78, 5) is 39.8. The Bertz CT molecular complexity index is 580. The van der Waals surface area contributed by atoms with E-state index in [4.69, 9.17) is 4.74 Å². The van der Waals surface area contributed by atoms with Crippen LogP contribution in [0.3, 0.4) is 0 Å². The molecule has 1 atom stereocenters. The summed E-state index contributed by atoms with van der Waals surface area (Å²) in [6.07, 6.45) is 0.588. The first-order valence-electron chi connectivity index (χ1n) is 6.21. The van der Waals surface area contributed by atoms with Gasteiger partial charge in [-0.3, -0.25) is 9.59 Å². The number of rotatable bonds is 2. The summed E-state index contributed by atoms with van der Waals surface area (Å²) < 4.78 is 9.84. The molecule has 0 saturated carbocycles. The Hall–Kier alpha value is -2.15. The largest absolute Gasteiger partial charge is 0.467 e. The van der Waals surface area contributed by atoms with Crippen LogP contribution in [0.25, 0.3) is 0 Å². The first-order valence-corrected chi connectivity index (χ1v) is 6.21. The molecule has 2 heterocycles. The van der Waals surface area contributed by atoms with Crippen molar-refractivity contribution in [3.8, 4) is 0 Å². The van der Waals surface area contributed by atoms with E-state index in [9.17, 15) is 14.4 Å². The molecule has 1 aliphatic rings. The minimum atomic E-state index is -0.803. The van der Waals surface area contributed by atoms with Gasteiger partial charge in [0.15, 0.2) is 11.5 Å². The fourth-order valence-electron chi connectivity index (χ4n) is 2.02. The van der Waals surface area contributed by atoms with Crippen molar-refractivity contribution in [3.05, 3.63) is 33.7 Å². The smallest absolute Gasteiger partial charge is 0.336 e. The molecule has 0 spiro atoms. The Morgan fingerprint density at radius 1 is 1.50 bits per heavy atom. The van der Waals surface area contributed by atoms with Crippen LogP contribution < -0.4 is 5.43 Å². The van der Waals surface area contributed by atoms with Crippen molar-refractivity contribution in [2.75, 3.05) is 26.8 Å². The zero-order valence-corrected chi connectivity index (χ0v) is 11.3. The molecule has 20 heavy (non-hydrogen) atoms. The SMILES string of the molecule is COC(=O)C1CN(C(=O)c2c[nH]c(C)cc2=O)CCO1. The van der Waals surface area contributed by atoms with Gasteiger partial charge in [0, 0.05) is 24.5 Å². The topological polar surface area (TPSA) is 88.7 Å². The number of carbonyl (C=O) groups is 2. The zero-order valence-electron chi connectivity index (χ0n) is 11.3. The molecule has 1 aliphatic heterocycles. The van der Waals surface area contributed by atoms with E-state index in [1.807, 2.05) is 0 Å². The molecule has 0 radical (unpaired) electrons. The van der Waals surface area contributed by atoms with E-state index in [2.05, 4.69) is 9.72 Å². The molecule has 7 heteroatoms. The number of aryl methyl sites for hydroxylation is 1. The molecular formula is C13H16N2O5. The number of aromatic amines is 1. The number of aromatic nitrogens is 1. The normalized spacial score (nSPS) is 18.7. The molecule has 0 bridgehead atoms. The molecule has 0 aliphatic carbocycles. The van der Waals surface area contributed by atoms with E-state index in [1.165, 1.54) is 24.3 Å². The summed E-state index contributed by atoms with van der Waals surface area (Å²) in [5.41, 5.74) is 0.398. The molecule has 0 aromatic carbocycles. The van der Waals surface area contributed by atoms with Gasteiger partial charge in [-0.1, -0.05) is 0 Å². The predicted molar refractivity (Wildman–Crippen MR) is 69.5 cm³/mol. The fourth-order valence-corrected chi connectivity index (χ4v) is 2.02. The second kappa shape index (κ2) is 5.87. The van der Waals surface area contributed by atoms with Crippen LogP contribution in [-0.4, -0.2) is 54.7 Å². The number of nitrogens with one attached hydrogen (secondary N) is 1. The van der Waals surface area contributed by atoms with Crippen molar-refractivity contribution in [2.45, 2.75) is 13.0 Å².